The summed E-state index contributed by atoms with van der Waals surface area (Å²) in [5, 5.41) is 9.59. The first kappa shape index (κ1) is 54.7. The van der Waals surface area contributed by atoms with Gasteiger partial charge in [0.05, 0.1) is 66.3 Å². The molecule has 1 heterocycles. The number of unbranched alkanes of at least 4 members (excludes halogenated alkanes) is 14. The van der Waals surface area contributed by atoms with Crippen molar-refractivity contribution in [2.75, 3.05) is 39.6 Å². The molecule has 2 rings (SSSR count). The van der Waals surface area contributed by atoms with Gasteiger partial charge in [-0.3, -0.25) is 9.59 Å². The highest BCUT2D eigenvalue weighted by molar-refractivity contribution is 8.24. The summed E-state index contributed by atoms with van der Waals surface area (Å²) < 4.78 is 34.2. The number of allylic oxidation sites excluding steroid dienone is 1. The zero-order valence-electron chi connectivity index (χ0n) is 38.4. The molecule has 0 saturated carbocycles. The van der Waals surface area contributed by atoms with Crippen molar-refractivity contribution in [1.82, 2.24) is 0 Å². The second kappa shape index (κ2) is 32.3. The number of hydrogen-bond donors (Lipinski definition) is 0. The molecule has 0 radical (unpaired) electrons. The molecular weight excluding hydrogens is 841 g/mol. The maximum atomic E-state index is 12.1. The lowest BCUT2D eigenvalue weighted by Gasteiger charge is -2.16. The number of nitriles is 1. The molecule has 0 saturated heterocycles. The van der Waals surface area contributed by atoms with Crippen LogP contribution in [0.25, 0.3) is 4.85 Å². The molecule has 14 heteroatoms. The summed E-state index contributed by atoms with van der Waals surface area (Å²) in [5.74, 6) is 0.104. The molecule has 0 bridgehead atoms. The van der Waals surface area contributed by atoms with Gasteiger partial charge in [-0.2, -0.15) is 0 Å². The number of fused-ring (bicyclic) bond motifs is 1. The van der Waals surface area contributed by atoms with Crippen molar-refractivity contribution < 1.29 is 47.6 Å². The smallest absolute Gasteiger partial charge is 0.333 e. The van der Waals surface area contributed by atoms with Gasteiger partial charge in [0.2, 0.25) is 0 Å². The van der Waals surface area contributed by atoms with Gasteiger partial charge in [-0.15, -0.1) is 0 Å². The van der Waals surface area contributed by atoms with Crippen LogP contribution in [0.2, 0.25) is 0 Å². The molecule has 0 amide bonds. The van der Waals surface area contributed by atoms with Crippen molar-refractivity contribution >= 4 is 47.4 Å². The number of thioether (sulfide) groups is 2. The number of carbonyl (C=O) groups is 4. The molecule has 63 heavy (non-hydrogen) atoms. The molecule has 1 aromatic carbocycles. The van der Waals surface area contributed by atoms with E-state index in [1.807, 2.05) is 32.9 Å². The minimum atomic E-state index is -0.435. The average molecular weight is 911 g/mol. The second-order valence-corrected chi connectivity index (χ2v) is 18.7. The number of ether oxygens (including phenoxy) is 6. The first-order chi connectivity index (χ1) is 30.3. The van der Waals surface area contributed by atoms with Crippen LogP contribution in [0.5, 0.6) is 11.5 Å². The third-order valence-corrected chi connectivity index (χ3v) is 12.5. The second-order valence-electron chi connectivity index (χ2n) is 16.4. The molecule has 12 nitrogen and oxygen atoms in total. The van der Waals surface area contributed by atoms with Gasteiger partial charge in [-0.1, -0.05) is 128 Å². The molecule has 0 aliphatic carbocycles. The number of esters is 4. The number of benzene rings is 1. The Balaban J connectivity index is 1.63. The van der Waals surface area contributed by atoms with Gasteiger partial charge >= 0.3 is 23.9 Å². The molecule has 0 N–H and O–H groups in total. The highest BCUT2D eigenvalue weighted by atomic mass is 32.2. The Morgan fingerprint density at radius 3 is 1.48 bits per heavy atom. The molecule has 2 atom stereocenters. The van der Waals surface area contributed by atoms with E-state index in [-0.39, 0.29) is 55.9 Å². The third-order valence-electron chi connectivity index (χ3n) is 9.95. The topological polar surface area (TPSA) is 152 Å². The highest BCUT2D eigenvalue weighted by Crippen LogP contribution is 2.60. The minimum absolute atomic E-state index is 0.0688. The summed E-state index contributed by atoms with van der Waals surface area (Å²) in [6, 6.07) is 4.05. The van der Waals surface area contributed by atoms with E-state index >= 15 is 0 Å². The highest BCUT2D eigenvalue weighted by Gasteiger charge is 2.30. The van der Waals surface area contributed by atoms with Gasteiger partial charge in [0.25, 0.3) is 5.70 Å². The number of nitrogens with zero attached hydrogens (tertiary/aromatic N) is 2. The molecule has 348 valence electrons. The maximum absolute atomic E-state index is 12.1. The van der Waals surface area contributed by atoms with E-state index in [2.05, 4.69) is 18.0 Å². The van der Waals surface area contributed by atoms with Gasteiger partial charge in [0.1, 0.15) is 11.5 Å². The van der Waals surface area contributed by atoms with Crippen molar-refractivity contribution in [2.45, 2.75) is 160 Å². The molecule has 0 spiro atoms. The molecule has 2 unspecified atom stereocenters. The van der Waals surface area contributed by atoms with Crippen LogP contribution in [0.3, 0.4) is 0 Å². The van der Waals surface area contributed by atoms with Crippen molar-refractivity contribution in [3.8, 4) is 17.6 Å². The van der Waals surface area contributed by atoms with Gasteiger partial charge in [-0.05, 0) is 58.1 Å². The van der Waals surface area contributed by atoms with Crippen molar-refractivity contribution in [1.29, 1.82) is 5.26 Å². The summed E-state index contributed by atoms with van der Waals surface area (Å²) in [6.45, 7) is 25.5. The predicted molar refractivity (Wildman–Crippen MR) is 248 cm³/mol. The van der Waals surface area contributed by atoms with Gasteiger partial charge in [0.15, 0.2) is 0 Å². The van der Waals surface area contributed by atoms with Crippen molar-refractivity contribution in [3.05, 3.63) is 57.3 Å². The normalized spacial score (nSPS) is 13.4. The van der Waals surface area contributed by atoms with Gasteiger partial charge < -0.3 is 28.4 Å². The van der Waals surface area contributed by atoms with E-state index in [0.717, 1.165) is 130 Å². The molecule has 1 aromatic rings. The number of aryl methyl sites for hydroxylation is 1. The number of hydrogen-bond acceptors (Lipinski definition) is 13. The maximum Gasteiger partial charge on any atom is 0.333 e. The van der Waals surface area contributed by atoms with Gasteiger partial charge in [-0.25, -0.2) is 19.7 Å². The van der Waals surface area contributed by atoms with Crippen LogP contribution < -0.4 is 9.47 Å². The minimum Gasteiger partial charge on any atom is -0.492 e. The fraction of sp³-hybridized carbons (Fsp3) is 0.633. The Morgan fingerprint density at radius 1 is 0.651 bits per heavy atom. The van der Waals surface area contributed by atoms with Crippen LogP contribution in [0, 0.1) is 36.7 Å². The van der Waals surface area contributed by atoms with Gasteiger partial charge in [0, 0.05) is 35.8 Å². The zero-order valence-corrected chi connectivity index (χ0v) is 40.0. The van der Waals surface area contributed by atoms with Crippen LogP contribution in [-0.2, 0) is 38.1 Å². The van der Waals surface area contributed by atoms with Crippen LogP contribution in [0.1, 0.15) is 149 Å². The lowest BCUT2D eigenvalue weighted by atomic mass is 10.1. The fourth-order valence-electron chi connectivity index (χ4n) is 6.23. The van der Waals surface area contributed by atoms with Crippen LogP contribution in [-0.4, -0.2) is 63.5 Å². The van der Waals surface area contributed by atoms with E-state index in [9.17, 15) is 24.4 Å². The Labute approximate surface area is 385 Å². The summed E-state index contributed by atoms with van der Waals surface area (Å²) in [7, 11) is 0. The molecule has 0 fully saturated rings. The standard InChI is InChI=1S/C49H70N2O10S2/c1-35(2)47(54)60-33-37(5)31-58-42(52)25-21-17-13-9-11-15-19-23-27-56-41-29-39(7)44(46-45(41)62-49(63-46)40(30-50)51-8)57-28-24-20-16-12-10-14-18-22-26-43(53)59-32-38(6)34-61-48(55)36(3)4/h29,37-38H,1,3,9-28,31-34H2,2,4-7H3/b49-40+. The summed E-state index contributed by atoms with van der Waals surface area (Å²) in [5.41, 5.74) is 1.73. The molecule has 0 aromatic heterocycles. The monoisotopic (exact) mass is 910 g/mol. The van der Waals surface area contributed by atoms with E-state index in [0.29, 0.717) is 41.4 Å². The predicted octanol–water partition coefficient (Wildman–Crippen LogP) is 12.2. The SMILES string of the molecule is [C-]#[N+]/C(C#N)=C1\Sc2c(OCCCCCCCCCCC(=O)OCC(C)COC(=O)C(=C)C)cc(C)c(OCCCCCCCCCCC(=O)OCC(C)COC(=O)C(=C)C)c2S1. The van der Waals surface area contributed by atoms with E-state index in [1.165, 1.54) is 23.5 Å². The summed E-state index contributed by atoms with van der Waals surface area (Å²) in [6.07, 6.45) is 17.1. The lowest BCUT2D eigenvalue weighted by molar-refractivity contribution is -0.148. The van der Waals surface area contributed by atoms with Crippen molar-refractivity contribution in [2.24, 2.45) is 11.8 Å². The molecular formula is C49H70N2O10S2. The fourth-order valence-corrected chi connectivity index (χ4v) is 8.80. The average Bonchev–Trinajstić information content (AvgIpc) is 3.70. The molecule has 1 aliphatic rings. The van der Waals surface area contributed by atoms with Crippen molar-refractivity contribution in [3.63, 3.8) is 0 Å². The zero-order chi connectivity index (χ0) is 46.4. The van der Waals surface area contributed by atoms with E-state index < -0.39 is 11.9 Å². The number of rotatable bonds is 34. The quantitative estimate of drug-likeness (QED) is 0.0161. The summed E-state index contributed by atoms with van der Waals surface area (Å²) >= 11 is 2.83. The first-order valence-electron chi connectivity index (χ1n) is 22.5. The van der Waals surface area contributed by atoms with Crippen LogP contribution in [0.4, 0.5) is 0 Å². The number of carbonyl (C=O) groups excluding carboxylic acids is 4. The lowest BCUT2D eigenvalue weighted by Crippen LogP contribution is -2.18. The van der Waals surface area contributed by atoms with Crippen LogP contribution >= 0.6 is 23.5 Å². The Morgan fingerprint density at radius 2 is 1.05 bits per heavy atom. The van der Waals surface area contributed by atoms with Crippen LogP contribution in [0.15, 0.2) is 50.1 Å². The first-order valence-corrected chi connectivity index (χ1v) is 24.2. The summed E-state index contributed by atoms with van der Waals surface area (Å²) in [4.78, 5) is 52.4. The Bertz CT molecular complexity index is 1760. The molecule has 1 aliphatic heterocycles. The third kappa shape index (κ3) is 23.2. The van der Waals surface area contributed by atoms with E-state index in [1.54, 1.807) is 13.8 Å². The van der Waals surface area contributed by atoms with E-state index in [4.69, 9.17) is 35.0 Å². The Hall–Kier alpha value is -4.40. The Kier molecular flexibility index (Phi) is 28.0. The largest absolute Gasteiger partial charge is 0.492 e.